The Morgan fingerprint density at radius 1 is 1.13 bits per heavy atom. The molecule has 3 heteroatoms. The molecule has 0 radical (unpaired) electrons. The molecule has 1 aliphatic rings. The predicted molar refractivity (Wildman–Crippen MR) is 61.9 cm³/mol. The van der Waals surface area contributed by atoms with Crippen molar-refractivity contribution in [2.45, 2.75) is 6.04 Å². The van der Waals surface area contributed by atoms with Gasteiger partial charge in [0.25, 0.3) is 0 Å². The topological polar surface area (TPSA) is 39.8 Å². The highest BCUT2D eigenvalue weighted by Crippen LogP contribution is 2.23. The van der Waals surface area contributed by atoms with Gasteiger partial charge in [-0.3, -0.25) is 0 Å². The van der Waals surface area contributed by atoms with Gasteiger partial charge < -0.3 is 15.6 Å². The van der Waals surface area contributed by atoms with Gasteiger partial charge in [0, 0.05) is 42.8 Å². The fourth-order valence-corrected chi connectivity index (χ4v) is 2.29. The summed E-state index contributed by atoms with van der Waals surface area (Å²) >= 11 is 0. The Hall–Kier alpha value is -1.32. The fourth-order valence-electron chi connectivity index (χ4n) is 2.29. The Kier molecular flexibility index (Phi) is 2.19. The molecule has 1 atom stereocenters. The van der Waals surface area contributed by atoms with Gasteiger partial charge in [-0.05, 0) is 17.7 Å². The van der Waals surface area contributed by atoms with E-state index in [1.807, 2.05) is 6.20 Å². The quantitative estimate of drug-likeness (QED) is 0.652. The zero-order chi connectivity index (χ0) is 10.1. The summed E-state index contributed by atoms with van der Waals surface area (Å²) in [5.41, 5.74) is 2.61. The first-order valence-corrected chi connectivity index (χ1v) is 5.45. The number of hydrogen-bond acceptors (Lipinski definition) is 2. The van der Waals surface area contributed by atoms with Crippen LogP contribution in [0, 0.1) is 0 Å². The van der Waals surface area contributed by atoms with Crippen molar-refractivity contribution >= 4 is 10.9 Å². The van der Waals surface area contributed by atoms with Crippen LogP contribution in [-0.4, -0.2) is 24.6 Å². The molecule has 1 unspecified atom stereocenters. The maximum absolute atomic E-state index is 3.54. The number of hydrogen-bond donors (Lipinski definition) is 3. The van der Waals surface area contributed by atoms with E-state index in [4.69, 9.17) is 0 Å². The summed E-state index contributed by atoms with van der Waals surface area (Å²) in [5.74, 6) is 0. The Morgan fingerprint density at radius 2 is 2.13 bits per heavy atom. The van der Waals surface area contributed by atoms with E-state index >= 15 is 0 Å². The molecule has 0 amide bonds. The lowest BCUT2D eigenvalue weighted by atomic mass is 10.0. The second kappa shape index (κ2) is 3.68. The van der Waals surface area contributed by atoms with Gasteiger partial charge >= 0.3 is 0 Å². The lowest BCUT2D eigenvalue weighted by molar-refractivity contribution is 0.432. The van der Waals surface area contributed by atoms with E-state index in [0.29, 0.717) is 6.04 Å². The van der Waals surface area contributed by atoms with Gasteiger partial charge in [-0.2, -0.15) is 0 Å². The van der Waals surface area contributed by atoms with E-state index in [2.05, 4.69) is 39.9 Å². The van der Waals surface area contributed by atoms with E-state index in [1.54, 1.807) is 0 Å². The SMILES string of the molecule is c1cc(C2CNCCN2)c2cc[nH]c2c1. The Bertz CT molecular complexity index is 455. The third kappa shape index (κ3) is 1.54. The number of aromatic nitrogens is 1. The molecule has 15 heavy (non-hydrogen) atoms. The highest BCUT2D eigenvalue weighted by Gasteiger charge is 2.16. The van der Waals surface area contributed by atoms with Gasteiger partial charge in [-0.1, -0.05) is 12.1 Å². The molecule has 3 rings (SSSR count). The van der Waals surface area contributed by atoms with Crippen molar-refractivity contribution in [2.24, 2.45) is 0 Å². The van der Waals surface area contributed by atoms with E-state index in [9.17, 15) is 0 Å². The summed E-state index contributed by atoms with van der Waals surface area (Å²) in [4.78, 5) is 3.25. The average Bonchev–Trinajstić information content (AvgIpc) is 2.78. The lowest BCUT2D eigenvalue weighted by Crippen LogP contribution is -2.42. The Balaban J connectivity index is 2.05. The van der Waals surface area contributed by atoms with Gasteiger partial charge in [0.1, 0.15) is 0 Å². The Labute approximate surface area is 88.9 Å². The molecule has 0 spiro atoms. The van der Waals surface area contributed by atoms with E-state index < -0.39 is 0 Å². The highest BCUT2D eigenvalue weighted by atomic mass is 15.1. The van der Waals surface area contributed by atoms with Crippen molar-refractivity contribution in [3.8, 4) is 0 Å². The molecule has 1 fully saturated rings. The van der Waals surface area contributed by atoms with Crippen LogP contribution in [0.5, 0.6) is 0 Å². The van der Waals surface area contributed by atoms with Crippen molar-refractivity contribution in [3.05, 3.63) is 36.0 Å². The van der Waals surface area contributed by atoms with Crippen molar-refractivity contribution in [3.63, 3.8) is 0 Å². The molecule has 2 heterocycles. The first kappa shape index (κ1) is 8.95. The molecular weight excluding hydrogens is 186 g/mol. The monoisotopic (exact) mass is 201 g/mol. The van der Waals surface area contributed by atoms with Crippen LogP contribution in [0.25, 0.3) is 10.9 Å². The van der Waals surface area contributed by atoms with Gasteiger partial charge in [-0.15, -0.1) is 0 Å². The first-order valence-electron chi connectivity index (χ1n) is 5.45. The molecule has 1 aromatic carbocycles. The molecule has 1 saturated heterocycles. The van der Waals surface area contributed by atoms with Crippen LogP contribution in [0.3, 0.4) is 0 Å². The number of piperazine rings is 1. The molecule has 0 saturated carbocycles. The van der Waals surface area contributed by atoms with Crippen molar-refractivity contribution in [2.75, 3.05) is 19.6 Å². The molecule has 78 valence electrons. The second-order valence-corrected chi connectivity index (χ2v) is 4.00. The molecule has 0 bridgehead atoms. The van der Waals surface area contributed by atoms with E-state index in [0.717, 1.165) is 19.6 Å². The minimum absolute atomic E-state index is 0.443. The van der Waals surface area contributed by atoms with Crippen molar-refractivity contribution in [1.82, 2.24) is 15.6 Å². The van der Waals surface area contributed by atoms with Crippen LogP contribution in [0.4, 0.5) is 0 Å². The van der Waals surface area contributed by atoms with Crippen molar-refractivity contribution in [1.29, 1.82) is 0 Å². The fraction of sp³-hybridized carbons (Fsp3) is 0.333. The summed E-state index contributed by atoms with van der Waals surface area (Å²) in [7, 11) is 0. The second-order valence-electron chi connectivity index (χ2n) is 4.00. The number of aromatic amines is 1. The van der Waals surface area contributed by atoms with Gasteiger partial charge in [-0.25, -0.2) is 0 Å². The number of H-pyrrole nitrogens is 1. The molecule has 0 aliphatic carbocycles. The van der Waals surface area contributed by atoms with Crippen LogP contribution in [0.1, 0.15) is 11.6 Å². The number of nitrogens with one attached hydrogen (secondary N) is 3. The zero-order valence-electron chi connectivity index (χ0n) is 8.59. The largest absolute Gasteiger partial charge is 0.361 e. The number of rotatable bonds is 1. The van der Waals surface area contributed by atoms with Gasteiger partial charge in [0.05, 0.1) is 0 Å². The zero-order valence-corrected chi connectivity index (χ0v) is 8.59. The summed E-state index contributed by atoms with van der Waals surface area (Å²) in [6.07, 6.45) is 2.00. The summed E-state index contributed by atoms with van der Waals surface area (Å²) in [6, 6.07) is 9.04. The molecule has 3 nitrogen and oxygen atoms in total. The average molecular weight is 201 g/mol. The first-order chi connectivity index (χ1) is 7.45. The third-order valence-electron chi connectivity index (χ3n) is 3.05. The van der Waals surface area contributed by atoms with Crippen LogP contribution in [0.2, 0.25) is 0 Å². The Morgan fingerprint density at radius 3 is 3.00 bits per heavy atom. The van der Waals surface area contributed by atoms with Crippen LogP contribution < -0.4 is 10.6 Å². The predicted octanol–water partition coefficient (Wildman–Crippen LogP) is 1.40. The van der Waals surface area contributed by atoms with Crippen molar-refractivity contribution < 1.29 is 0 Å². The normalized spacial score (nSPS) is 22.0. The summed E-state index contributed by atoms with van der Waals surface area (Å²) in [5, 5.41) is 8.29. The summed E-state index contributed by atoms with van der Waals surface area (Å²) in [6.45, 7) is 3.13. The standard InChI is InChI=1S/C12H15N3/c1-2-9(12-8-13-6-7-15-12)10-4-5-14-11(10)3-1/h1-5,12-15H,6-8H2. The maximum Gasteiger partial charge on any atom is 0.0457 e. The summed E-state index contributed by atoms with van der Waals surface area (Å²) < 4.78 is 0. The smallest absolute Gasteiger partial charge is 0.0457 e. The molecular formula is C12H15N3. The minimum Gasteiger partial charge on any atom is -0.361 e. The molecule has 1 aromatic heterocycles. The minimum atomic E-state index is 0.443. The molecule has 1 aliphatic heterocycles. The number of benzene rings is 1. The van der Waals surface area contributed by atoms with Crippen LogP contribution in [0.15, 0.2) is 30.5 Å². The third-order valence-corrected chi connectivity index (χ3v) is 3.05. The van der Waals surface area contributed by atoms with Gasteiger partial charge in [0.2, 0.25) is 0 Å². The van der Waals surface area contributed by atoms with E-state index in [-0.39, 0.29) is 0 Å². The molecule has 2 aromatic rings. The lowest BCUT2D eigenvalue weighted by Gasteiger charge is -2.25. The number of fused-ring (bicyclic) bond motifs is 1. The molecule has 3 N–H and O–H groups in total. The maximum atomic E-state index is 3.54. The highest BCUT2D eigenvalue weighted by molar-refractivity contribution is 5.83. The van der Waals surface area contributed by atoms with Crippen LogP contribution in [-0.2, 0) is 0 Å². The van der Waals surface area contributed by atoms with Crippen LogP contribution >= 0.6 is 0 Å². The van der Waals surface area contributed by atoms with E-state index in [1.165, 1.54) is 16.5 Å². The van der Waals surface area contributed by atoms with Gasteiger partial charge in [0.15, 0.2) is 0 Å².